The molecule has 1 aliphatic rings. The first-order chi connectivity index (χ1) is 17.0. The summed E-state index contributed by atoms with van der Waals surface area (Å²) in [4.78, 5) is 14.5. The molecule has 182 valence electrons. The maximum absolute atomic E-state index is 13.6. The van der Waals surface area contributed by atoms with Crippen molar-refractivity contribution in [1.82, 2.24) is 15.3 Å². The molecule has 0 amide bonds. The summed E-state index contributed by atoms with van der Waals surface area (Å²) in [6.45, 7) is 0. The predicted octanol–water partition coefficient (Wildman–Crippen LogP) is 3.21. The first-order valence-corrected chi connectivity index (χ1v) is 10.4. The Morgan fingerprint density at radius 2 is 1.86 bits per heavy atom. The van der Waals surface area contributed by atoms with Crippen molar-refractivity contribution in [2.75, 3.05) is 35.8 Å². The Hall–Kier alpha value is -5.04. The van der Waals surface area contributed by atoms with E-state index in [4.69, 9.17) is 16.7 Å². The second kappa shape index (κ2) is 8.96. The molecular weight excluding hydrogens is 473 g/mol. The van der Waals surface area contributed by atoms with E-state index in [1.165, 1.54) is 4.90 Å². The van der Waals surface area contributed by atoms with Crippen molar-refractivity contribution in [2.24, 2.45) is 4.99 Å². The first-order valence-electron chi connectivity index (χ1n) is 10.4. The highest BCUT2D eigenvalue weighted by atomic mass is 19.4. The number of anilines is 4. The van der Waals surface area contributed by atoms with Crippen LogP contribution in [0.15, 0.2) is 41.4 Å². The van der Waals surface area contributed by atoms with Crippen LogP contribution in [0.1, 0.15) is 28.3 Å². The Labute approximate surface area is 203 Å². The SMILES string of the molecule is CN(C)c1cc(C(F)(F)F)cc(-c2cccc(C3N=C(NC#N)Nc4nc(N)c(C#N)c(N)c43)c2)n1. The average Bonchev–Trinajstić information content (AvgIpc) is 2.83. The summed E-state index contributed by atoms with van der Waals surface area (Å²) < 4.78 is 40.7. The number of nitrogen functional groups attached to an aromatic ring is 2. The minimum absolute atomic E-state index is 0.0289. The largest absolute Gasteiger partial charge is 0.416 e. The minimum atomic E-state index is -4.57. The second-order valence-corrected chi connectivity index (χ2v) is 8.02. The smallest absolute Gasteiger partial charge is 0.397 e. The lowest BCUT2D eigenvalue weighted by molar-refractivity contribution is -0.137. The molecule has 4 rings (SSSR count). The van der Waals surface area contributed by atoms with Gasteiger partial charge in [0.1, 0.15) is 35.1 Å². The average molecular weight is 492 g/mol. The summed E-state index contributed by atoms with van der Waals surface area (Å²) in [7, 11) is 3.20. The van der Waals surface area contributed by atoms with Crippen molar-refractivity contribution >= 4 is 29.1 Å². The van der Waals surface area contributed by atoms with Crippen LogP contribution < -0.4 is 27.0 Å². The summed E-state index contributed by atoms with van der Waals surface area (Å²) in [5.74, 6) is 0.289. The first kappa shape index (κ1) is 24.1. The molecule has 0 aliphatic carbocycles. The van der Waals surface area contributed by atoms with Gasteiger partial charge in [-0.05, 0) is 23.8 Å². The van der Waals surface area contributed by atoms with E-state index >= 15 is 0 Å². The van der Waals surface area contributed by atoms with Gasteiger partial charge in [-0.2, -0.15) is 23.7 Å². The number of aliphatic imine (C=N–C) groups is 1. The predicted molar refractivity (Wildman–Crippen MR) is 128 cm³/mol. The molecule has 10 nitrogen and oxygen atoms in total. The van der Waals surface area contributed by atoms with Crippen LogP contribution in [0.3, 0.4) is 0 Å². The number of alkyl halides is 3. The summed E-state index contributed by atoms with van der Waals surface area (Å²) >= 11 is 0. The Kier molecular flexibility index (Phi) is 6.00. The molecule has 13 heteroatoms. The fraction of sp³-hybridized carbons (Fsp3) is 0.174. The lowest BCUT2D eigenvalue weighted by Crippen LogP contribution is -2.32. The van der Waals surface area contributed by atoms with Gasteiger partial charge in [0.25, 0.3) is 0 Å². The summed E-state index contributed by atoms with van der Waals surface area (Å²) in [5, 5.41) is 23.8. The molecule has 1 aliphatic heterocycles. The van der Waals surface area contributed by atoms with E-state index < -0.39 is 17.8 Å². The normalized spacial score (nSPS) is 14.5. The number of aromatic nitrogens is 2. The van der Waals surface area contributed by atoms with Gasteiger partial charge in [-0.15, -0.1) is 0 Å². The molecule has 0 radical (unpaired) electrons. The van der Waals surface area contributed by atoms with Crippen molar-refractivity contribution in [3.63, 3.8) is 0 Å². The van der Waals surface area contributed by atoms with Crippen LogP contribution in [-0.4, -0.2) is 30.0 Å². The van der Waals surface area contributed by atoms with E-state index in [1.54, 1.807) is 44.6 Å². The topological polar surface area (TPSA) is 165 Å². The van der Waals surface area contributed by atoms with Gasteiger partial charge in [0.2, 0.25) is 5.96 Å². The third kappa shape index (κ3) is 4.37. The number of hydrogen-bond donors (Lipinski definition) is 4. The molecule has 0 saturated carbocycles. The quantitative estimate of drug-likeness (QED) is 0.317. The molecule has 3 heterocycles. The molecule has 36 heavy (non-hydrogen) atoms. The van der Waals surface area contributed by atoms with E-state index in [9.17, 15) is 18.4 Å². The zero-order valence-electron chi connectivity index (χ0n) is 19.0. The van der Waals surface area contributed by atoms with Gasteiger partial charge in [0.05, 0.1) is 16.9 Å². The Morgan fingerprint density at radius 1 is 1.11 bits per heavy atom. The van der Waals surface area contributed by atoms with Gasteiger partial charge in [-0.25, -0.2) is 15.0 Å². The van der Waals surface area contributed by atoms with Gasteiger partial charge in [0.15, 0.2) is 6.19 Å². The number of benzene rings is 1. The maximum Gasteiger partial charge on any atom is 0.416 e. The van der Waals surface area contributed by atoms with E-state index in [0.29, 0.717) is 16.7 Å². The number of nitriles is 2. The maximum atomic E-state index is 13.6. The van der Waals surface area contributed by atoms with Crippen LogP contribution in [0, 0.1) is 22.8 Å². The van der Waals surface area contributed by atoms with Crippen molar-refractivity contribution in [3.05, 3.63) is 58.7 Å². The minimum Gasteiger partial charge on any atom is -0.397 e. The lowest BCUT2D eigenvalue weighted by Gasteiger charge is -2.26. The number of nitrogens with one attached hydrogen (secondary N) is 2. The molecule has 0 fully saturated rings. The van der Waals surface area contributed by atoms with Crippen molar-refractivity contribution < 1.29 is 13.2 Å². The number of nitrogens with zero attached hydrogens (tertiary/aromatic N) is 6. The standard InChI is InChI=1S/C23H19F3N10/c1-36(2)16-8-13(23(24,25)26)7-15(32-16)11-4-3-5-12(6-11)19-17-18(29)14(9-27)20(30)34-21(17)35-22(33-19)31-10-28/h3-8,19H,1-2H3,(H6,29,30,31,33,34,35). The second-order valence-electron chi connectivity index (χ2n) is 8.02. The number of nitrogens with two attached hydrogens (primary N) is 2. The highest BCUT2D eigenvalue weighted by molar-refractivity contribution is 5.98. The van der Waals surface area contributed by atoms with Crippen LogP contribution in [-0.2, 0) is 6.18 Å². The molecule has 1 unspecified atom stereocenters. The van der Waals surface area contributed by atoms with E-state index in [-0.39, 0.29) is 40.4 Å². The lowest BCUT2D eigenvalue weighted by atomic mass is 9.93. The van der Waals surface area contributed by atoms with Gasteiger partial charge in [-0.3, -0.25) is 5.32 Å². The summed E-state index contributed by atoms with van der Waals surface area (Å²) in [5.41, 5.74) is 12.7. The molecular formula is C23H19F3N10. The molecule has 1 atom stereocenters. The van der Waals surface area contributed by atoms with Crippen LogP contribution in [0.4, 0.5) is 36.3 Å². The van der Waals surface area contributed by atoms with Crippen LogP contribution >= 0.6 is 0 Å². The van der Waals surface area contributed by atoms with E-state index in [0.717, 1.165) is 12.1 Å². The monoisotopic (exact) mass is 492 g/mol. The molecule has 3 aromatic rings. The zero-order chi connectivity index (χ0) is 26.2. The third-order valence-corrected chi connectivity index (χ3v) is 5.45. The molecule has 0 spiro atoms. The number of rotatable bonds is 3. The van der Waals surface area contributed by atoms with Crippen molar-refractivity contribution in [3.8, 4) is 23.5 Å². The van der Waals surface area contributed by atoms with Gasteiger partial charge >= 0.3 is 6.18 Å². The van der Waals surface area contributed by atoms with Gasteiger partial charge in [-0.1, -0.05) is 18.2 Å². The molecule has 0 saturated heterocycles. The van der Waals surface area contributed by atoms with E-state index in [1.807, 2.05) is 6.07 Å². The fourth-order valence-corrected chi connectivity index (χ4v) is 3.75. The number of hydrogen-bond acceptors (Lipinski definition) is 10. The van der Waals surface area contributed by atoms with Gasteiger partial charge < -0.3 is 21.7 Å². The highest BCUT2D eigenvalue weighted by Gasteiger charge is 2.33. The summed E-state index contributed by atoms with van der Waals surface area (Å²) in [6.07, 6.45) is -2.81. The fourth-order valence-electron chi connectivity index (χ4n) is 3.75. The van der Waals surface area contributed by atoms with Crippen molar-refractivity contribution in [2.45, 2.75) is 12.2 Å². The molecule has 0 bridgehead atoms. The number of guanidine groups is 1. The zero-order valence-corrected chi connectivity index (χ0v) is 19.0. The van der Waals surface area contributed by atoms with Crippen LogP contribution in [0.25, 0.3) is 11.3 Å². The Morgan fingerprint density at radius 3 is 2.50 bits per heavy atom. The highest BCUT2D eigenvalue weighted by Crippen LogP contribution is 2.41. The summed E-state index contributed by atoms with van der Waals surface area (Å²) in [6, 6.07) is 9.59. The molecule has 6 N–H and O–H groups in total. The molecule has 2 aromatic heterocycles. The number of halogens is 3. The van der Waals surface area contributed by atoms with Crippen LogP contribution in [0.2, 0.25) is 0 Å². The Balaban J connectivity index is 1.90. The Bertz CT molecular complexity index is 1460. The van der Waals surface area contributed by atoms with Crippen molar-refractivity contribution in [1.29, 1.82) is 10.5 Å². The molecule has 1 aromatic carbocycles. The number of fused-ring (bicyclic) bond motifs is 1. The van der Waals surface area contributed by atoms with Crippen LogP contribution in [0.5, 0.6) is 0 Å². The number of pyridine rings is 2. The third-order valence-electron chi connectivity index (χ3n) is 5.45. The van der Waals surface area contributed by atoms with E-state index in [2.05, 4.69) is 25.6 Å². The van der Waals surface area contributed by atoms with Gasteiger partial charge in [0, 0.05) is 25.2 Å².